The van der Waals surface area contributed by atoms with Gasteiger partial charge in [0.05, 0.1) is 6.26 Å². The molecule has 1 atom stereocenters. The first-order chi connectivity index (χ1) is 9.15. The van der Waals surface area contributed by atoms with Gasteiger partial charge in [0, 0.05) is 24.2 Å². The van der Waals surface area contributed by atoms with Gasteiger partial charge in [-0.15, -0.1) is 0 Å². The van der Waals surface area contributed by atoms with Gasteiger partial charge in [0.25, 0.3) is 5.91 Å². The number of pyridine rings is 1. The van der Waals surface area contributed by atoms with Gasteiger partial charge in [-0.2, -0.15) is 0 Å². The Hall–Kier alpha value is -1.81. The number of aromatic nitrogens is 1. The summed E-state index contributed by atoms with van der Waals surface area (Å²) in [4.78, 5) is 15.8. The Balaban J connectivity index is 1.84. The highest BCUT2D eigenvalue weighted by atomic mass is 35.5. The maximum atomic E-state index is 11.9. The minimum atomic E-state index is -0.142. The molecule has 0 saturated carbocycles. The largest absolute Gasteiger partial charge is 0.469 e. The van der Waals surface area contributed by atoms with Gasteiger partial charge in [-0.05, 0) is 37.6 Å². The van der Waals surface area contributed by atoms with E-state index in [2.05, 4.69) is 10.3 Å². The second kappa shape index (κ2) is 6.38. The number of nitrogens with zero attached hydrogens (tertiary/aromatic N) is 1. The predicted octanol–water partition coefficient (Wildman–Crippen LogP) is 3.08. The average Bonchev–Trinajstić information content (AvgIpc) is 2.89. The summed E-state index contributed by atoms with van der Waals surface area (Å²) in [7, 11) is 0. The number of aryl methyl sites for hydroxylation is 1. The number of hydrogen-bond acceptors (Lipinski definition) is 3. The molecule has 5 heteroatoms. The van der Waals surface area contributed by atoms with Crippen molar-refractivity contribution in [3.05, 3.63) is 53.2 Å². The fourth-order valence-electron chi connectivity index (χ4n) is 1.74. The lowest BCUT2D eigenvalue weighted by atomic mass is 10.1. The molecule has 2 aromatic rings. The van der Waals surface area contributed by atoms with E-state index in [0.717, 1.165) is 18.6 Å². The molecule has 0 aliphatic carbocycles. The summed E-state index contributed by atoms with van der Waals surface area (Å²) in [5.74, 6) is 0.782. The molecule has 1 amide bonds. The highest BCUT2D eigenvalue weighted by Gasteiger charge is 2.10. The molecule has 2 heterocycles. The molecule has 0 saturated heterocycles. The van der Waals surface area contributed by atoms with E-state index < -0.39 is 0 Å². The summed E-state index contributed by atoms with van der Waals surface area (Å²) in [6, 6.07) is 7.04. The third kappa shape index (κ3) is 4.10. The molecule has 0 aliphatic rings. The van der Waals surface area contributed by atoms with Crippen molar-refractivity contribution in [3.8, 4) is 0 Å². The highest BCUT2D eigenvalue weighted by molar-refractivity contribution is 6.29. The first kappa shape index (κ1) is 13.6. The number of halogens is 1. The van der Waals surface area contributed by atoms with Crippen molar-refractivity contribution < 1.29 is 9.21 Å². The van der Waals surface area contributed by atoms with Crippen molar-refractivity contribution in [3.63, 3.8) is 0 Å². The molecule has 0 bridgehead atoms. The average molecular weight is 279 g/mol. The van der Waals surface area contributed by atoms with E-state index in [1.165, 1.54) is 6.20 Å². The van der Waals surface area contributed by atoms with E-state index >= 15 is 0 Å². The third-order valence-corrected chi connectivity index (χ3v) is 2.98. The number of carbonyl (C=O) groups excluding carboxylic acids is 1. The van der Waals surface area contributed by atoms with E-state index in [-0.39, 0.29) is 11.9 Å². The molecule has 0 spiro atoms. The van der Waals surface area contributed by atoms with E-state index in [4.69, 9.17) is 16.0 Å². The fraction of sp³-hybridized carbons (Fsp3) is 0.286. The van der Waals surface area contributed by atoms with Crippen LogP contribution in [0.3, 0.4) is 0 Å². The van der Waals surface area contributed by atoms with Crippen LogP contribution < -0.4 is 5.32 Å². The fourth-order valence-corrected chi connectivity index (χ4v) is 1.91. The van der Waals surface area contributed by atoms with Gasteiger partial charge in [-0.3, -0.25) is 4.79 Å². The maximum absolute atomic E-state index is 11.9. The van der Waals surface area contributed by atoms with E-state index in [0.29, 0.717) is 10.7 Å². The van der Waals surface area contributed by atoms with Gasteiger partial charge in [0.1, 0.15) is 10.9 Å². The van der Waals surface area contributed by atoms with Crippen LogP contribution in [0.25, 0.3) is 0 Å². The van der Waals surface area contributed by atoms with Gasteiger partial charge < -0.3 is 9.73 Å². The predicted molar refractivity (Wildman–Crippen MR) is 73.2 cm³/mol. The monoisotopic (exact) mass is 278 g/mol. The Labute approximate surface area is 116 Å². The van der Waals surface area contributed by atoms with Gasteiger partial charge >= 0.3 is 0 Å². The third-order valence-electron chi connectivity index (χ3n) is 2.77. The molecule has 0 radical (unpaired) electrons. The zero-order valence-electron chi connectivity index (χ0n) is 10.6. The number of hydrogen-bond donors (Lipinski definition) is 1. The van der Waals surface area contributed by atoms with Crippen LogP contribution in [0.4, 0.5) is 0 Å². The number of carbonyl (C=O) groups is 1. The Morgan fingerprint density at radius 1 is 1.53 bits per heavy atom. The lowest BCUT2D eigenvalue weighted by molar-refractivity contribution is 0.0938. The van der Waals surface area contributed by atoms with E-state index in [1.54, 1.807) is 18.4 Å². The van der Waals surface area contributed by atoms with E-state index in [9.17, 15) is 4.79 Å². The molecule has 0 aromatic carbocycles. The van der Waals surface area contributed by atoms with Crippen molar-refractivity contribution in [1.82, 2.24) is 10.3 Å². The van der Waals surface area contributed by atoms with E-state index in [1.807, 2.05) is 19.1 Å². The molecule has 1 unspecified atom stereocenters. The minimum absolute atomic E-state index is 0.0598. The van der Waals surface area contributed by atoms with Crippen molar-refractivity contribution in [2.45, 2.75) is 25.8 Å². The second-order valence-corrected chi connectivity index (χ2v) is 4.75. The maximum Gasteiger partial charge on any atom is 0.251 e. The van der Waals surface area contributed by atoms with Crippen LogP contribution in [-0.4, -0.2) is 16.9 Å². The van der Waals surface area contributed by atoms with Crippen LogP contribution in [-0.2, 0) is 6.42 Å². The van der Waals surface area contributed by atoms with Gasteiger partial charge in [-0.1, -0.05) is 11.6 Å². The Morgan fingerprint density at radius 2 is 2.37 bits per heavy atom. The van der Waals surface area contributed by atoms with Crippen LogP contribution in [0.1, 0.15) is 29.5 Å². The standard InChI is InChI=1S/C14H15ClN2O2/c1-10(4-5-12-3-2-8-19-12)17-14(18)11-6-7-16-13(15)9-11/h2-3,6-10H,4-5H2,1H3,(H,17,18). The van der Waals surface area contributed by atoms with Gasteiger partial charge in [0.2, 0.25) is 0 Å². The summed E-state index contributed by atoms with van der Waals surface area (Å²) >= 11 is 5.75. The number of furan rings is 1. The lowest BCUT2D eigenvalue weighted by Crippen LogP contribution is -2.32. The van der Waals surface area contributed by atoms with Crippen molar-refractivity contribution in [2.75, 3.05) is 0 Å². The number of amides is 1. The molecule has 4 nitrogen and oxygen atoms in total. The molecular formula is C14H15ClN2O2. The number of rotatable bonds is 5. The van der Waals surface area contributed by atoms with Crippen molar-refractivity contribution >= 4 is 17.5 Å². The minimum Gasteiger partial charge on any atom is -0.469 e. The Bertz CT molecular complexity index is 540. The summed E-state index contributed by atoms with van der Waals surface area (Å²) in [6.45, 7) is 1.96. The zero-order chi connectivity index (χ0) is 13.7. The van der Waals surface area contributed by atoms with Gasteiger partial charge in [-0.25, -0.2) is 4.98 Å². The second-order valence-electron chi connectivity index (χ2n) is 4.36. The Morgan fingerprint density at radius 3 is 3.05 bits per heavy atom. The van der Waals surface area contributed by atoms with Crippen LogP contribution in [0.15, 0.2) is 41.1 Å². The van der Waals surface area contributed by atoms with Crippen molar-refractivity contribution in [1.29, 1.82) is 0 Å². The number of nitrogens with one attached hydrogen (secondary N) is 1. The lowest BCUT2D eigenvalue weighted by Gasteiger charge is -2.13. The van der Waals surface area contributed by atoms with Crippen LogP contribution in [0, 0.1) is 0 Å². The molecule has 0 aliphatic heterocycles. The molecule has 2 rings (SSSR count). The molecule has 19 heavy (non-hydrogen) atoms. The van der Waals surface area contributed by atoms with Gasteiger partial charge in [0.15, 0.2) is 0 Å². The molecule has 0 fully saturated rings. The van der Waals surface area contributed by atoms with Crippen LogP contribution >= 0.6 is 11.6 Å². The summed E-state index contributed by atoms with van der Waals surface area (Å²) < 4.78 is 5.25. The summed E-state index contributed by atoms with van der Waals surface area (Å²) in [5.41, 5.74) is 0.518. The molecule has 100 valence electrons. The molecule has 1 N–H and O–H groups in total. The zero-order valence-corrected chi connectivity index (χ0v) is 11.4. The smallest absolute Gasteiger partial charge is 0.251 e. The highest BCUT2D eigenvalue weighted by Crippen LogP contribution is 2.09. The first-order valence-corrected chi connectivity index (χ1v) is 6.48. The van der Waals surface area contributed by atoms with Crippen LogP contribution in [0.2, 0.25) is 5.15 Å². The molecular weight excluding hydrogens is 264 g/mol. The summed E-state index contributed by atoms with van der Waals surface area (Å²) in [5, 5.41) is 3.23. The topological polar surface area (TPSA) is 55.1 Å². The Kier molecular flexibility index (Phi) is 4.58. The normalized spacial score (nSPS) is 12.1. The molecule has 2 aromatic heterocycles. The first-order valence-electron chi connectivity index (χ1n) is 6.10. The summed E-state index contributed by atoms with van der Waals surface area (Å²) in [6.07, 6.45) is 4.78. The quantitative estimate of drug-likeness (QED) is 0.855. The van der Waals surface area contributed by atoms with Crippen LogP contribution in [0.5, 0.6) is 0 Å². The SMILES string of the molecule is CC(CCc1ccco1)NC(=O)c1ccnc(Cl)c1. The van der Waals surface area contributed by atoms with Crippen molar-refractivity contribution in [2.24, 2.45) is 0 Å².